The molecule has 1 saturated heterocycles. The normalized spacial score (nSPS) is 18.1. The summed E-state index contributed by atoms with van der Waals surface area (Å²) in [5.41, 5.74) is 1.15. The summed E-state index contributed by atoms with van der Waals surface area (Å²) >= 11 is 0. The Kier molecular flexibility index (Phi) is 5.54. The zero-order chi connectivity index (χ0) is 18.7. The zero-order valence-corrected chi connectivity index (χ0v) is 15.8. The molecule has 3 rings (SSSR count). The quantitative estimate of drug-likeness (QED) is 0.739. The highest BCUT2D eigenvalue weighted by Crippen LogP contribution is 2.20. The number of hydrogen-bond acceptors (Lipinski definition) is 6. The number of piperazine rings is 1. The third-order valence-corrected chi connectivity index (χ3v) is 6.54. The van der Waals surface area contributed by atoms with Crippen LogP contribution in [0, 0.1) is 0 Å². The first-order valence-corrected chi connectivity index (χ1v) is 10.2. The molecule has 1 aromatic heterocycles. The minimum absolute atomic E-state index is 0.0212. The van der Waals surface area contributed by atoms with Gasteiger partial charge >= 0.3 is 0 Å². The Morgan fingerprint density at radius 3 is 2.62 bits per heavy atom. The lowest BCUT2D eigenvalue weighted by atomic mass is 10.2. The first-order valence-electron chi connectivity index (χ1n) is 8.72. The average Bonchev–Trinajstić information content (AvgIpc) is 3.09. The molecule has 0 radical (unpaired) electrons. The van der Waals surface area contributed by atoms with Crippen molar-refractivity contribution in [2.75, 3.05) is 32.7 Å². The predicted octanol–water partition coefficient (Wildman–Crippen LogP) is 0.179. The Labute approximate surface area is 152 Å². The predicted molar refractivity (Wildman–Crippen MR) is 97.0 cm³/mol. The number of aromatic nitrogens is 3. The summed E-state index contributed by atoms with van der Waals surface area (Å²) in [5.74, 6) is -0.0212. The van der Waals surface area contributed by atoms with Gasteiger partial charge in [-0.3, -0.25) is 9.69 Å². The first kappa shape index (κ1) is 18.7. The molecule has 0 spiro atoms. The van der Waals surface area contributed by atoms with Crippen LogP contribution >= 0.6 is 0 Å². The van der Waals surface area contributed by atoms with Gasteiger partial charge in [-0.15, -0.1) is 0 Å². The van der Waals surface area contributed by atoms with Gasteiger partial charge in [-0.1, -0.05) is 6.92 Å². The van der Waals surface area contributed by atoms with Crippen LogP contribution < -0.4 is 5.32 Å². The van der Waals surface area contributed by atoms with Crippen molar-refractivity contribution in [1.82, 2.24) is 29.9 Å². The molecule has 2 aromatic rings. The molecule has 1 fully saturated rings. The van der Waals surface area contributed by atoms with Gasteiger partial charge in [-0.05, 0) is 31.5 Å². The van der Waals surface area contributed by atoms with Gasteiger partial charge in [0.1, 0.15) is 11.0 Å². The summed E-state index contributed by atoms with van der Waals surface area (Å²) in [4.78, 5) is 14.2. The van der Waals surface area contributed by atoms with E-state index >= 15 is 0 Å². The third kappa shape index (κ3) is 4.02. The molecule has 1 atom stereocenters. The van der Waals surface area contributed by atoms with E-state index in [1.54, 1.807) is 12.1 Å². The van der Waals surface area contributed by atoms with Gasteiger partial charge in [0, 0.05) is 32.2 Å². The van der Waals surface area contributed by atoms with Gasteiger partial charge in [0.25, 0.3) is 0 Å². The SMILES string of the molecule is CCC(C)NC(=O)CN1CCN(S(=O)(=O)c2ccc3n[nH]nc3c2)CC1. The van der Waals surface area contributed by atoms with E-state index in [0.717, 1.165) is 6.42 Å². The van der Waals surface area contributed by atoms with E-state index in [2.05, 4.69) is 20.7 Å². The number of carbonyl (C=O) groups excluding carboxylic acids is 1. The van der Waals surface area contributed by atoms with E-state index in [1.165, 1.54) is 10.4 Å². The van der Waals surface area contributed by atoms with E-state index in [-0.39, 0.29) is 16.8 Å². The highest BCUT2D eigenvalue weighted by molar-refractivity contribution is 7.89. The van der Waals surface area contributed by atoms with E-state index in [9.17, 15) is 13.2 Å². The molecule has 1 unspecified atom stereocenters. The number of nitrogens with zero attached hydrogens (tertiary/aromatic N) is 4. The van der Waals surface area contributed by atoms with Crippen molar-refractivity contribution in [3.63, 3.8) is 0 Å². The number of H-pyrrole nitrogens is 1. The van der Waals surface area contributed by atoms with Gasteiger partial charge in [0.15, 0.2) is 0 Å². The van der Waals surface area contributed by atoms with Gasteiger partial charge in [-0.2, -0.15) is 19.7 Å². The molecule has 1 aromatic carbocycles. The van der Waals surface area contributed by atoms with Crippen LogP contribution in [0.1, 0.15) is 20.3 Å². The molecule has 10 heteroatoms. The molecule has 2 heterocycles. The molecule has 9 nitrogen and oxygen atoms in total. The van der Waals surface area contributed by atoms with E-state index in [4.69, 9.17) is 0 Å². The molecule has 142 valence electrons. The Bertz CT molecular complexity index is 873. The molecular formula is C16H24N6O3S. The minimum atomic E-state index is -3.58. The number of fused-ring (bicyclic) bond motifs is 1. The Balaban J connectivity index is 1.60. The van der Waals surface area contributed by atoms with Crippen LogP contribution in [0.5, 0.6) is 0 Å². The molecule has 1 aliphatic rings. The monoisotopic (exact) mass is 380 g/mol. The lowest BCUT2D eigenvalue weighted by Crippen LogP contribution is -2.51. The van der Waals surface area contributed by atoms with Crippen LogP contribution in [0.3, 0.4) is 0 Å². The molecule has 0 bridgehead atoms. The topological polar surface area (TPSA) is 111 Å². The fourth-order valence-electron chi connectivity index (χ4n) is 2.88. The van der Waals surface area contributed by atoms with Crippen LogP contribution in [0.25, 0.3) is 11.0 Å². The fourth-order valence-corrected chi connectivity index (χ4v) is 4.33. The van der Waals surface area contributed by atoms with Crippen molar-refractivity contribution in [2.45, 2.75) is 31.2 Å². The van der Waals surface area contributed by atoms with Crippen LogP contribution in [-0.4, -0.2) is 77.7 Å². The maximum absolute atomic E-state index is 12.8. The van der Waals surface area contributed by atoms with Crippen LogP contribution in [0.2, 0.25) is 0 Å². The average molecular weight is 380 g/mol. The number of hydrogen-bond donors (Lipinski definition) is 2. The van der Waals surface area contributed by atoms with Crippen molar-refractivity contribution < 1.29 is 13.2 Å². The van der Waals surface area contributed by atoms with Crippen molar-refractivity contribution in [3.05, 3.63) is 18.2 Å². The standard InChI is InChI=1S/C16H24N6O3S/c1-3-12(2)17-16(23)11-21-6-8-22(9-7-21)26(24,25)13-4-5-14-15(10-13)19-20-18-14/h4-5,10,12H,3,6-9,11H2,1-2H3,(H,17,23)(H,18,19,20). The maximum atomic E-state index is 12.8. The molecule has 2 N–H and O–H groups in total. The number of carbonyl (C=O) groups is 1. The molecule has 0 saturated carbocycles. The summed E-state index contributed by atoms with van der Waals surface area (Å²) in [6.07, 6.45) is 0.883. The number of benzene rings is 1. The second kappa shape index (κ2) is 7.68. The van der Waals surface area contributed by atoms with Gasteiger partial charge in [0.2, 0.25) is 15.9 Å². The van der Waals surface area contributed by atoms with Gasteiger partial charge < -0.3 is 5.32 Å². The fraction of sp³-hybridized carbons (Fsp3) is 0.562. The highest BCUT2D eigenvalue weighted by Gasteiger charge is 2.29. The van der Waals surface area contributed by atoms with Crippen molar-refractivity contribution >= 4 is 27.0 Å². The number of nitrogens with one attached hydrogen (secondary N) is 2. The Morgan fingerprint density at radius 2 is 1.92 bits per heavy atom. The van der Waals surface area contributed by atoms with E-state index in [1.807, 2.05) is 18.7 Å². The second-order valence-electron chi connectivity index (χ2n) is 6.53. The summed E-state index contributed by atoms with van der Waals surface area (Å²) in [6, 6.07) is 4.86. The molecular weight excluding hydrogens is 356 g/mol. The maximum Gasteiger partial charge on any atom is 0.243 e. The lowest BCUT2D eigenvalue weighted by molar-refractivity contribution is -0.123. The molecule has 0 aliphatic carbocycles. The molecule has 1 aliphatic heterocycles. The highest BCUT2D eigenvalue weighted by atomic mass is 32.2. The summed E-state index contributed by atoms with van der Waals surface area (Å²) in [6.45, 7) is 6.05. The molecule has 1 amide bonds. The summed E-state index contributed by atoms with van der Waals surface area (Å²) in [5, 5.41) is 13.3. The molecule has 26 heavy (non-hydrogen) atoms. The lowest BCUT2D eigenvalue weighted by Gasteiger charge is -2.33. The van der Waals surface area contributed by atoms with Crippen LogP contribution in [0.15, 0.2) is 23.1 Å². The first-order chi connectivity index (χ1) is 12.4. The third-order valence-electron chi connectivity index (χ3n) is 4.64. The van der Waals surface area contributed by atoms with E-state index < -0.39 is 10.0 Å². The van der Waals surface area contributed by atoms with Gasteiger partial charge in [-0.25, -0.2) is 8.42 Å². The minimum Gasteiger partial charge on any atom is -0.353 e. The Hall–Kier alpha value is -2.04. The van der Waals surface area contributed by atoms with Gasteiger partial charge in [0.05, 0.1) is 11.4 Å². The van der Waals surface area contributed by atoms with Crippen molar-refractivity contribution in [2.24, 2.45) is 0 Å². The second-order valence-corrected chi connectivity index (χ2v) is 8.47. The van der Waals surface area contributed by atoms with Crippen LogP contribution in [0.4, 0.5) is 0 Å². The largest absolute Gasteiger partial charge is 0.353 e. The van der Waals surface area contributed by atoms with Crippen molar-refractivity contribution in [1.29, 1.82) is 0 Å². The number of aromatic amines is 1. The Morgan fingerprint density at radius 1 is 1.23 bits per heavy atom. The smallest absolute Gasteiger partial charge is 0.243 e. The number of amides is 1. The number of rotatable bonds is 6. The number of sulfonamides is 1. The zero-order valence-electron chi connectivity index (χ0n) is 15.0. The summed E-state index contributed by atoms with van der Waals surface area (Å²) < 4.78 is 27.1. The van der Waals surface area contributed by atoms with Crippen LogP contribution in [-0.2, 0) is 14.8 Å². The van der Waals surface area contributed by atoms with E-state index in [0.29, 0.717) is 43.8 Å². The van der Waals surface area contributed by atoms with Crippen molar-refractivity contribution in [3.8, 4) is 0 Å². The summed E-state index contributed by atoms with van der Waals surface area (Å²) in [7, 11) is -3.58.